The third-order valence-electron chi connectivity index (χ3n) is 3.44. The topological polar surface area (TPSA) is 93.1 Å². The van der Waals surface area contributed by atoms with Gasteiger partial charge in [0, 0.05) is 6.20 Å². The second kappa shape index (κ2) is 8.07. The summed E-state index contributed by atoms with van der Waals surface area (Å²) in [5, 5.41) is 8.83. The summed E-state index contributed by atoms with van der Waals surface area (Å²) in [7, 11) is 2.33. The van der Waals surface area contributed by atoms with Gasteiger partial charge in [0.25, 0.3) is 0 Å². The van der Waals surface area contributed by atoms with Crippen LogP contribution in [0.4, 0.5) is 5.69 Å². The van der Waals surface area contributed by atoms with Crippen LogP contribution in [0.2, 0.25) is 10.0 Å². The number of allylic oxidation sites excluding steroid dienone is 2. The normalized spacial score (nSPS) is 13.5. The van der Waals surface area contributed by atoms with Crippen molar-refractivity contribution in [1.82, 2.24) is 0 Å². The van der Waals surface area contributed by atoms with E-state index >= 15 is 0 Å². The largest absolute Gasteiger partial charge is 0.478 e. The molecule has 7 nitrogen and oxygen atoms in total. The van der Waals surface area contributed by atoms with Crippen LogP contribution in [0.15, 0.2) is 47.8 Å². The molecule has 1 aromatic carbocycles. The van der Waals surface area contributed by atoms with Crippen molar-refractivity contribution < 1.29 is 29.0 Å². The smallest absolute Gasteiger partial charge is 0.355 e. The van der Waals surface area contributed by atoms with Crippen molar-refractivity contribution in [3.05, 3.63) is 63.4 Å². The number of carbonyl (C=O) groups is 3. The second-order valence-corrected chi connectivity index (χ2v) is 5.64. The molecule has 1 aliphatic rings. The van der Waals surface area contributed by atoms with Crippen LogP contribution < -0.4 is 4.90 Å². The molecule has 0 atom stereocenters. The molecule has 0 aliphatic carbocycles. The first kappa shape index (κ1) is 19.6. The molecular weight excluding hydrogens is 385 g/mol. The highest BCUT2D eigenvalue weighted by Gasteiger charge is 2.29. The minimum absolute atomic E-state index is 0.0705. The van der Waals surface area contributed by atoms with Crippen molar-refractivity contribution in [3.63, 3.8) is 0 Å². The average molecular weight is 398 g/mol. The van der Waals surface area contributed by atoms with Crippen LogP contribution in [0, 0.1) is 0 Å². The Kier molecular flexibility index (Phi) is 6.07. The maximum Gasteiger partial charge on any atom is 0.355 e. The number of ether oxygens (including phenoxy) is 2. The van der Waals surface area contributed by atoms with Gasteiger partial charge in [-0.05, 0) is 24.3 Å². The zero-order valence-corrected chi connectivity index (χ0v) is 15.2. The van der Waals surface area contributed by atoms with E-state index in [0.717, 1.165) is 7.11 Å². The summed E-state index contributed by atoms with van der Waals surface area (Å²) in [6, 6.07) is 2.61. The molecular formula is C17H13Cl2NO6. The van der Waals surface area contributed by atoms with Crippen molar-refractivity contribution in [3.8, 4) is 0 Å². The first-order valence-electron chi connectivity index (χ1n) is 7.09. The number of hydrogen-bond acceptors (Lipinski definition) is 6. The van der Waals surface area contributed by atoms with E-state index in [1.807, 2.05) is 0 Å². The molecule has 0 saturated carbocycles. The summed E-state index contributed by atoms with van der Waals surface area (Å²) < 4.78 is 9.48. The van der Waals surface area contributed by atoms with Crippen LogP contribution in [-0.2, 0) is 19.1 Å². The minimum Gasteiger partial charge on any atom is -0.478 e. The molecule has 1 heterocycles. The van der Waals surface area contributed by atoms with Crippen molar-refractivity contribution >= 4 is 46.8 Å². The van der Waals surface area contributed by atoms with Crippen molar-refractivity contribution in [2.24, 2.45) is 0 Å². The highest BCUT2D eigenvalue weighted by atomic mass is 35.5. The van der Waals surface area contributed by atoms with E-state index in [2.05, 4.69) is 0 Å². The van der Waals surface area contributed by atoms with Gasteiger partial charge in [0.05, 0.1) is 41.1 Å². The van der Waals surface area contributed by atoms with E-state index in [9.17, 15) is 14.4 Å². The lowest BCUT2D eigenvalue weighted by Crippen LogP contribution is -2.27. The monoisotopic (exact) mass is 397 g/mol. The molecule has 1 aromatic rings. The molecule has 2 rings (SSSR count). The van der Waals surface area contributed by atoms with Crippen molar-refractivity contribution in [2.75, 3.05) is 19.1 Å². The Morgan fingerprint density at radius 3 is 2.23 bits per heavy atom. The van der Waals surface area contributed by atoms with Crippen molar-refractivity contribution in [1.29, 1.82) is 0 Å². The number of hydrogen-bond donors (Lipinski definition) is 1. The molecule has 0 fully saturated rings. The SMILES string of the molecule is COC(=O)C1=C(C(=O)OC)N(c2ccc(C(=O)O)c(Cl)c2Cl)C=CC=C1. The summed E-state index contributed by atoms with van der Waals surface area (Å²) in [6.07, 6.45) is 5.91. The fourth-order valence-electron chi connectivity index (χ4n) is 2.24. The average Bonchev–Trinajstić information content (AvgIpc) is 2.85. The van der Waals surface area contributed by atoms with Gasteiger partial charge in [-0.2, -0.15) is 0 Å². The Hall–Kier alpha value is -2.77. The number of esters is 2. The molecule has 9 heteroatoms. The number of methoxy groups -OCH3 is 2. The highest BCUT2D eigenvalue weighted by Crippen LogP contribution is 2.38. The number of carboxylic acids is 1. The Balaban J connectivity index is 2.74. The molecule has 26 heavy (non-hydrogen) atoms. The fourth-order valence-corrected chi connectivity index (χ4v) is 2.74. The molecule has 1 aliphatic heterocycles. The summed E-state index contributed by atoms with van der Waals surface area (Å²) >= 11 is 12.3. The van der Waals surface area contributed by atoms with Gasteiger partial charge in [-0.25, -0.2) is 14.4 Å². The van der Waals surface area contributed by atoms with Gasteiger partial charge in [0.1, 0.15) is 5.70 Å². The van der Waals surface area contributed by atoms with Gasteiger partial charge in [-0.15, -0.1) is 0 Å². The standard InChI is InChI=1S/C17H13Cl2NO6/c1-25-16(23)10-5-3-4-8-20(14(10)17(24)26-2)11-7-6-9(15(21)22)12(18)13(11)19/h3-8H,1-2H3,(H,21,22). The zero-order valence-electron chi connectivity index (χ0n) is 13.7. The number of benzene rings is 1. The van der Waals surface area contributed by atoms with Gasteiger partial charge in [0.15, 0.2) is 0 Å². The van der Waals surface area contributed by atoms with E-state index < -0.39 is 17.9 Å². The molecule has 1 N–H and O–H groups in total. The second-order valence-electron chi connectivity index (χ2n) is 4.88. The quantitative estimate of drug-likeness (QED) is 0.779. The predicted octanol–water partition coefficient (Wildman–Crippen LogP) is 3.18. The number of rotatable bonds is 4. The third-order valence-corrected chi connectivity index (χ3v) is 4.31. The number of carboxylic acid groups (broad SMARTS) is 1. The number of anilines is 1. The molecule has 0 bridgehead atoms. The number of nitrogens with zero attached hydrogens (tertiary/aromatic N) is 1. The van der Waals surface area contributed by atoms with Crippen LogP contribution in [0.5, 0.6) is 0 Å². The van der Waals surface area contributed by atoms with Gasteiger partial charge < -0.3 is 19.5 Å². The maximum absolute atomic E-state index is 12.3. The van der Waals surface area contributed by atoms with E-state index in [1.165, 1.54) is 42.5 Å². The highest BCUT2D eigenvalue weighted by molar-refractivity contribution is 6.45. The lowest BCUT2D eigenvalue weighted by atomic mass is 10.1. The Labute approximate surface area is 158 Å². The Morgan fingerprint density at radius 2 is 1.65 bits per heavy atom. The zero-order chi connectivity index (χ0) is 19.4. The van der Waals surface area contributed by atoms with E-state index in [0.29, 0.717) is 0 Å². The molecule has 136 valence electrons. The molecule has 0 aromatic heterocycles. The first-order valence-corrected chi connectivity index (χ1v) is 7.85. The van der Waals surface area contributed by atoms with Gasteiger partial charge in [-0.3, -0.25) is 0 Å². The molecule has 0 radical (unpaired) electrons. The third kappa shape index (κ3) is 3.58. The Bertz CT molecular complexity index is 872. The van der Waals surface area contributed by atoms with E-state index in [4.69, 9.17) is 37.8 Å². The van der Waals surface area contributed by atoms with Gasteiger partial charge in [0.2, 0.25) is 0 Å². The predicted molar refractivity (Wildman–Crippen MR) is 95.2 cm³/mol. The summed E-state index contributed by atoms with van der Waals surface area (Å²) in [4.78, 5) is 36.9. The molecule has 0 spiro atoms. The maximum atomic E-state index is 12.3. The lowest BCUT2D eigenvalue weighted by Gasteiger charge is -2.24. The Morgan fingerprint density at radius 1 is 1.00 bits per heavy atom. The minimum atomic E-state index is -1.25. The number of halogens is 2. The molecule has 0 unspecified atom stereocenters. The molecule has 0 saturated heterocycles. The summed E-state index contributed by atoms with van der Waals surface area (Å²) in [5.41, 5.74) is -0.248. The van der Waals surface area contributed by atoms with Gasteiger partial charge >= 0.3 is 17.9 Å². The van der Waals surface area contributed by atoms with Crippen LogP contribution in [-0.4, -0.2) is 37.2 Å². The number of carbonyl (C=O) groups excluding carboxylic acids is 2. The van der Waals surface area contributed by atoms with Crippen LogP contribution in [0.25, 0.3) is 0 Å². The van der Waals surface area contributed by atoms with Crippen LogP contribution >= 0.6 is 23.2 Å². The molecule has 0 amide bonds. The first-order chi connectivity index (χ1) is 12.3. The van der Waals surface area contributed by atoms with Crippen LogP contribution in [0.1, 0.15) is 10.4 Å². The summed E-state index contributed by atoms with van der Waals surface area (Å²) in [6.45, 7) is 0. The number of aromatic carboxylic acids is 1. The van der Waals surface area contributed by atoms with Crippen molar-refractivity contribution in [2.45, 2.75) is 0 Å². The summed E-state index contributed by atoms with van der Waals surface area (Å²) in [5.74, 6) is -2.84. The fraction of sp³-hybridized carbons (Fsp3) is 0.118. The van der Waals surface area contributed by atoms with Gasteiger partial charge in [-0.1, -0.05) is 29.3 Å². The van der Waals surface area contributed by atoms with E-state index in [1.54, 1.807) is 6.08 Å². The van der Waals surface area contributed by atoms with Crippen LogP contribution in [0.3, 0.4) is 0 Å². The van der Waals surface area contributed by atoms with E-state index in [-0.39, 0.29) is 32.6 Å². The lowest BCUT2D eigenvalue weighted by molar-refractivity contribution is -0.139.